The van der Waals surface area contributed by atoms with Crippen LogP contribution in [0.2, 0.25) is 0 Å². The zero-order valence-corrected chi connectivity index (χ0v) is 16.4. The first-order valence-corrected chi connectivity index (χ1v) is 9.94. The van der Waals surface area contributed by atoms with Crippen molar-refractivity contribution in [3.63, 3.8) is 0 Å². The molecule has 2 aliphatic heterocycles. The zero-order valence-electron chi connectivity index (χ0n) is 16.4. The Labute approximate surface area is 169 Å². The molecule has 1 aromatic heterocycles. The fraction of sp³-hybridized carbons (Fsp3) is 0.476. The van der Waals surface area contributed by atoms with Crippen molar-refractivity contribution >= 4 is 11.8 Å². The third-order valence-corrected chi connectivity index (χ3v) is 5.81. The number of amides is 2. The molecule has 0 aliphatic carbocycles. The molecule has 0 saturated carbocycles. The number of likely N-dealkylation sites (tertiary alicyclic amines) is 2. The van der Waals surface area contributed by atoms with Crippen LogP contribution in [0, 0.1) is 17.7 Å². The minimum Gasteiger partial charge on any atom is -0.372 e. The van der Waals surface area contributed by atoms with Gasteiger partial charge in [-0.05, 0) is 30.7 Å². The average Bonchev–Trinajstić information content (AvgIpc) is 3.41. The van der Waals surface area contributed by atoms with Crippen LogP contribution in [0.1, 0.15) is 18.5 Å². The van der Waals surface area contributed by atoms with Crippen LogP contribution in [0.5, 0.6) is 0 Å². The number of carbonyl (C=O) groups excluding carboxylic acids is 2. The molecule has 2 saturated heterocycles. The molecule has 7 nitrogen and oxygen atoms in total. The Bertz CT molecular complexity index is 873. The molecule has 4 rings (SSSR count). The molecule has 0 spiro atoms. The number of fused-ring (bicyclic) bond motifs is 1. The zero-order chi connectivity index (χ0) is 20.4. The Kier molecular flexibility index (Phi) is 5.62. The van der Waals surface area contributed by atoms with Crippen molar-refractivity contribution in [1.29, 1.82) is 0 Å². The molecule has 0 radical (unpaired) electrons. The Hall–Kier alpha value is -2.74. The van der Waals surface area contributed by atoms with Crippen LogP contribution >= 0.6 is 0 Å². The summed E-state index contributed by atoms with van der Waals surface area (Å²) in [4.78, 5) is 29.1. The van der Waals surface area contributed by atoms with Crippen molar-refractivity contribution in [3.05, 3.63) is 54.1 Å². The molecule has 3 atom stereocenters. The summed E-state index contributed by atoms with van der Waals surface area (Å²) in [6.07, 6.45) is 3.41. The summed E-state index contributed by atoms with van der Waals surface area (Å²) in [6.45, 7) is 4.21. The molecule has 0 unspecified atom stereocenters. The van der Waals surface area contributed by atoms with Crippen molar-refractivity contribution in [3.8, 4) is 0 Å². The number of halogens is 1. The number of aromatic nitrogens is 2. The van der Waals surface area contributed by atoms with E-state index in [4.69, 9.17) is 4.74 Å². The first-order valence-electron chi connectivity index (χ1n) is 9.94. The van der Waals surface area contributed by atoms with E-state index in [1.54, 1.807) is 34.1 Å². The first kappa shape index (κ1) is 19.6. The minimum absolute atomic E-state index is 0.00767. The molecule has 2 aromatic rings. The van der Waals surface area contributed by atoms with Crippen LogP contribution in [0.3, 0.4) is 0 Å². The lowest BCUT2D eigenvalue weighted by molar-refractivity contribution is -0.137. The summed E-state index contributed by atoms with van der Waals surface area (Å²) in [5.74, 6) is -0.176. The van der Waals surface area contributed by atoms with E-state index in [-0.39, 0.29) is 48.7 Å². The van der Waals surface area contributed by atoms with Crippen LogP contribution in [-0.2, 0) is 20.9 Å². The van der Waals surface area contributed by atoms with Crippen molar-refractivity contribution < 1.29 is 18.7 Å². The second-order valence-electron chi connectivity index (χ2n) is 7.61. The van der Waals surface area contributed by atoms with E-state index < -0.39 is 0 Å². The SMILES string of the molecule is CCOCC(=O)N1C[C@@H]2CN(C(=O)Cn3cccn3)C[C@@H]2[C@H]1c1cccc(F)c1. The van der Waals surface area contributed by atoms with Gasteiger partial charge in [0.05, 0.1) is 6.04 Å². The summed E-state index contributed by atoms with van der Waals surface area (Å²) in [5.41, 5.74) is 0.767. The normalized spacial score (nSPS) is 23.4. The minimum atomic E-state index is -0.326. The molecule has 29 heavy (non-hydrogen) atoms. The maximum atomic E-state index is 13.9. The maximum absolute atomic E-state index is 13.9. The van der Waals surface area contributed by atoms with Crippen LogP contribution in [0.15, 0.2) is 42.7 Å². The van der Waals surface area contributed by atoms with Gasteiger partial charge in [0.15, 0.2) is 0 Å². The topological polar surface area (TPSA) is 67.7 Å². The smallest absolute Gasteiger partial charge is 0.249 e. The van der Waals surface area contributed by atoms with E-state index in [1.165, 1.54) is 12.1 Å². The molecule has 0 bridgehead atoms. The molecule has 8 heteroatoms. The molecule has 1 aromatic carbocycles. The van der Waals surface area contributed by atoms with Gasteiger partial charge in [-0.1, -0.05) is 12.1 Å². The van der Waals surface area contributed by atoms with E-state index in [1.807, 2.05) is 17.9 Å². The van der Waals surface area contributed by atoms with Gasteiger partial charge in [0.2, 0.25) is 11.8 Å². The van der Waals surface area contributed by atoms with Crippen LogP contribution in [0.4, 0.5) is 4.39 Å². The third kappa shape index (κ3) is 4.03. The Morgan fingerprint density at radius 1 is 1.21 bits per heavy atom. The summed E-state index contributed by atoms with van der Waals surface area (Å²) in [5, 5.41) is 4.10. The molecule has 0 N–H and O–H groups in total. The van der Waals surface area contributed by atoms with Crippen LogP contribution in [-0.4, -0.2) is 64.2 Å². The van der Waals surface area contributed by atoms with Gasteiger partial charge in [-0.3, -0.25) is 14.3 Å². The van der Waals surface area contributed by atoms with Crippen molar-refractivity contribution in [1.82, 2.24) is 19.6 Å². The second-order valence-corrected chi connectivity index (χ2v) is 7.61. The van der Waals surface area contributed by atoms with Crippen molar-refractivity contribution in [2.75, 3.05) is 32.8 Å². The van der Waals surface area contributed by atoms with E-state index in [9.17, 15) is 14.0 Å². The van der Waals surface area contributed by atoms with E-state index >= 15 is 0 Å². The van der Waals surface area contributed by atoms with E-state index in [0.29, 0.717) is 26.2 Å². The fourth-order valence-electron chi connectivity index (χ4n) is 4.53. The lowest BCUT2D eigenvalue weighted by atomic mass is 9.89. The van der Waals surface area contributed by atoms with Gasteiger partial charge in [0.1, 0.15) is 19.0 Å². The van der Waals surface area contributed by atoms with Gasteiger partial charge in [0, 0.05) is 50.5 Å². The molecule has 2 fully saturated rings. The molecular weight excluding hydrogens is 375 g/mol. The highest BCUT2D eigenvalue weighted by atomic mass is 19.1. The second kappa shape index (κ2) is 8.32. The Morgan fingerprint density at radius 2 is 2.07 bits per heavy atom. The molecule has 3 heterocycles. The average molecular weight is 400 g/mol. The number of rotatable bonds is 6. The number of benzene rings is 1. The maximum Gasteiger partial charge on any atom is 0.249 e. The largest absolute Gasteiger partial charge is 0.372 e. The van der Waals surface area contributed by atoms with Crippen LogP contribution < -0.4 is 0 Å². The first-order chi connectivity index (χ1) is 14.1. The Morgan fingerprint density at radius 3 is 2.79 bits per heavy atom. The van der Waals surface area contributed by atoms with Crippen LogP contribution in [0.25, 0.3) is 0 Å². The van der Waals surface area contributed by atoms with Gasteiger partial charge in [-0.25, -0.2) is 4.39 Å². The summed E-state index contributed by atoms with van der Waals surface area (Å²) in [7, 11) is 0. The monoisotopic (exact) mass is 400 g/mol. The lowest BCUT2D eigenvalue weighted by Gasteiger charge is -2.30. The highest BCUT2D eigenvalue weighted by Crippen LogP contribution is 2.45. The molecule has 2 amide bonds. The number of nitrogens with zero attached hydrogens (tertiary/aromatic N) is 4. The highest BCUT2D eigenvalue weighted by Gasteiger charge is 2.50. The summed E-state index contributed by atoms with van der Waals surface area (Å²) in [6, 6.07) is 7.93. The molecular formula is C21H25FN4O3. The number of ether oxygens (including phenoxy) is 1. The predicted molar refractivity (Wildman–Crippen MR) is 103 cm³/mol. The van der Waals surface area contributed by atoms with E-state index in [0.717, 1.165) is 5.56 Å². The van der Waals surface area contributed by atoms with Gasteiger partial charge in [-0.15, -0.1) is 0 Å². The standard InChI is InChI=1S/C21H25FN4O3/c1-2-29-14-20(28)26-11-16-10-24(19(27)13-25-8-4-7-23-25)12-18(16)21(26)15-5-3-6-17(22)9-15/h3-9,16,18,21H,2,10-14H2,1H3/t16-,18-,21+/m0/s1. The van der Waals surface area contributed by atoms with E-state index in [2.05, 4.69) is 5.10 Å². The van der Waals surface area contributed by atoms with Gasteiger partial charge in [-0.2, -0.15) is 5.10 Å². The van der Waals surface area contributed by atoms with Gasteiger partial charge >= 0.3 is 0 Å². The number of hydrogen-bond donors (Lipinski definition) is 0. The number of hydrogen-bond acceptors (Lipinski definition) is 4. The fourth-order valence-corrected chi connectivity index (χ4v) is 4.53. The van der Waals surface area contributed by atoms with Crippen molar-refractivity contribution in [2.45, 2.75) is 19.5 Å². The number of carbonyl (C=O) groups is 2. The lowest BCUT2D eigenvalue weighted by Crippen LogP contribution is -2.39. The molecule has 154 valence electrons. The molecule has 2 aliphatic rings. The van der Waals surface area contributed by atoms with Gasteiger partial charge < -0.3 is 14.5 Å². The van der Waals surface area contributed by atoms with Gasteiger partial charge in [0.25, 0.3) is 0 Å². The van der Waals surface area contributed by atoms with Crippen molar-refractivity contribution in [2.24, 2.45) is 11.8 Å². The third-order valence-electron chi connectivity index (χ3n) is 5.81. The summed E-state index contributed by atoms with van der Waals surface area (Å²) >= 11 is 0. The highest BCUT2D eigenvalue weighted by molar-refractivity contribution is 5.79. The quantitative estimate of drug-likeness (QED) is 0.741. The predicted octanol–water partition coefficient (Wildman–Crippen LogP) is 1.72. The summed E-state index contributed by atoms with van der Waals surface area (Å²) < 4.78 is 20.8. The Balaban J connectivity index is 1.53.